The fourth-order valence-electron chi connectivity index (χ4n) is 1.87. The highest BCUT2D eigenvalue weighted by Gasteiger charge is 2.04. The zero-order valence-corrected chi connectivity index (χ0v) is 10.5. The van der Waals surface area contributed by atoms with Crippen molar-refractivity contribution < 1.29 is 0 Å². The summed E-state index contributed by atoms with van der Waals surface area (Å²) in [4.78, 5) is 0. The minimum atomic E-state index is 0.969. The molecule has 14 heavy (non-hydrogen) atoms. The van der Waals surface area contributed by atoms with E-state index in [1.807, 2.05) is 0 Å². The number of hydrogen-bond donors (Lipinski definition) is 0. The molecule has 0 nitrogen and oxygen atoms in total. The molecule has 0 heteroatoms. The van der Waals surface area contributed by atoms with Gasteiger partial charge in [-0.15, -0.1) is 0 Å². The van der Waals surface area contributed by atoms with Crippen LogP contribution in [0.2, 0.25) is 0 Å². The van der Waals surface area contributed by atoms with E-state index >= 15 is 0 Å². The van der Waals surface area contributed by atoms with Crippen molar-refractivity contribution in [1.29, 1.82) is 0 Å². The zero-order valence-electron chi connectivity index (χ0n) is 10.5. The molecule has 0 saturated heterocycles. The van der Waals surface area contributed by atoms with Crippen molar-refractivity contribution in [2.24, 2.45) is 5.92 Å². The molecule has 85 valence electrons. The van der Waals surface area contributed by atoms with Crippen molar-refractivity contribution in [2.45, 2.75) is 78.6 Å². The maximum atomic E-state index is 2.53. The summed E-state index contributed by atoms with van der Waals surface area (Å²) in [6, 6.07) is 0. The fourth-order valence-corrected chi connectivity index (χ4v) is 1.87. The van der Waals surface area contributed by atoms with Gasteiger partial charge in [0.15, 0.2) is 0 Å². The molecule has 0 aromatic heterocycles. The van der Waals surface area contributed by atoms with E-state index in [1.54, 1.807) is 0 Å². The summed E-state index contributed by atoms with van der Waals surface area (Å²) in [5.74, 6) is 0.969. The second-order valence-electron chi connectivity index (χ2n) is 4.44. The van der Waals surface area contributed by atoms with Crippen LogP contribution in [0.3, 0.4) is 0 Å². The molecule has 0 aromatic rings. The molecule has 1 atom stereocenters. The third kappa shape index (κ3) is 8.59. The van der Waals surface area contributed by atoms with Gasteiger partial charge < -0.3 is 0 Å². The predicted octanol–water partition coefficient (Wildman–Crippen LogP) is 5.38. The fraction of sp³-hybridized carbons (Fsp3) is 0.929. The molecule has 0 amide bonds. The van der Waals surface area contributed by atoms with Gasteiger partial charge in [-0.3, -0.25) is 0 Å². The Balaban J connectivity index is 3.24. The molecular weight excluding hydrogens is 168 g/mol. The van der Waals surface area contributed by atoms with Crippen LogP contribution >= 0.6 is 0 Å². The van der Waals surface area contributed by atoms with Crippen molar-refractivity contribution in [3.63, 3.8) is 0 Å². The lowest BCUT2D eigenvalue weighted by atomic mass is 9.93. The summed E-state index contributed by atoms with van der Waals surface area (Å²) >= 11 is 0. The average molecular weight is 197 g/mol. The first-order chi connectivity index (χ1) is 6.85. The largest absolute Gasteiger partial charge is 0.0654 e. The zero-order chi connectivity index (χ0) is 10.6. The molecule has 0 heterocycles. The van der Waals surface area contributed by atoms with E-state index in [0.717, 1.165) is 5.92 Å². The standard InChI is InChI=1S/C14H29/c1-4-7-9-10-11-13-14(6-3)12-8-5-2/h11,14H,4-10,12-13H2,1-3H3. The Morgan fingerprint density at radius 1 is 0.929 bits per heavy atom. The van der Waals surface area contributed by atoms with Crippen LogP contribution in [0.1, 0.15) is 78.6 Å². The molecule has 0 aliphatic rings. The lowest BCUT2D eigenvalue weighted by Gasteiger charge is -2.13. The predicted molar refractivity (Wildman–Crippen MR) is 66.4 cm³/mol. The highest BCUT2D eigenvalue weighted by molar-refractivity contribution is 4.70. The van der Waals surface area contributed by atoms with E-state index in [4.69, 9.17) is 0 Å². The molecule has 0 bridgehead atoms. The van der Waals surface area contributed by atoms with Crippen LogP contribution in [-0.4, -0.2) is 0 Å². The lowest BCUT2D eigenvalue weighted by Crippen LogP contribution is -1.99. The summed E-state index contributed by atoms with van der Waals surface area (Å²) in [5, 5.41) is 0. The summed E-state index contributed by atoms with van der Waals surface area (Å²) in [7, 11) is 0. The van der Waals surface area contributed by atoms with Crippen molar-refractivity contribution >= 4 is 0 Å². The van der Waals surface area contributed by atoms with Crippen LogP contribution in [0.5, 0.6) is 0 Å². The van der Waals surface area contributed by atoms with Crippen LogP contribution in [0.25, 0.3) is 0 Å². The summed E-state index contributed by atoms with van der Waals surface area (Å²) in [6.07, 6.45) is 15.0. The molecule has 0 aliphatic carbocycles. The van der Waals surface area contributed by atoms with Gasteiger partial charge in [-0.25, -0.2) is 0 Å². The molecule has 0 aromatic carbocycles. The van der Waals surface area contributed by atoms with E-state index in [-0.39, 0.29) is 0 Å². The third-order valence-corrected chi connectivity index (χ3v) is 3.06. The van der Waals surface area contributed by atoms with Gasteiger partial charge in [0.25, 0.3) is 0 Å². The van der Waals surface area contributed by atoms with Crippen molar-refractivity contribution in [3.8, 4) is 0 Å². The number of rotatable bonds is 10. The highest BCUT2D eigenvalue weighted by Crippen LogP contribution is 2.19. The average Bonchev–Trinajstić information content (AvgIpc) is 2.22. The maximum absolute atomic E-state index is 2.53. The Labute approximate surface area is 91.5 Å². The Kier molecular flexibility index (Phi) is 11.1. The van der Waals surface area contributed by atoms with Crippen molar-refractivity contribution in [2.75, 3.05) is 0 Å². The van der Waals surface area contributed by atoms with E-state index in [9.17, 15) is 0 Å². The van der Waals surface area contributed by atoms with Gasteiger partial charge >= 0.3 is 0 Å². The summed E-state index contributed by atoms with van der Waals surface area (Å²) in [6.45, 7) is 6.90. The van der Waals surface area contributed by atoms with Gasteiger partial charge in [-0.1, -0.05) is 72.1 Å². The third-order valence-electron chi connectivity index (χ3n) is 3.06. The quantitative estimate of drug-likeness (QED) is 0.413. The van der Waals surface area contributed by atoms with Crippen LogP contribution in [0, 0.1) is 12.3 Å². The first kappa shape index (κ1) is 14.0. The monoisotopic (exact) mass is 197 g/mol. The minimum Gasteiger partial charge on any atom is -0.0654 e. The second kappa shape index (κ2) is 11.1. The van der Waals surface area contributed by atoms with Gasteiger partial charge in [-0.05, 0) is 18.8 Å². The topological polar surface area (TPSA) is 0 Å². The lowest BCUT2D eigenvalue weighted by molar-refractivity contribution is 0.438. The first-order valence-corrected chi connectivity index (χ1v) is 6.66. The Morgan fingerprint density at radius 3 is 2.21 bits per heavy atom. The van der Waals surface area contributed by atoms with Crippen LogP contribution in [-0.2, 0) is 0 Å². The molecule has 0 fully saturated rings. The van der Waals surface area contributed by atoms with E-state index < -0.39 is 0 Å². The van der Waals surface area contributed by atoms with Gasteiger partial charge in [0.2, 0.25) is 0 Å². The van der Waals surface area contributed by atoms with Gasteiger partial charge in [0.05, 0.1) is 0 Å². The van der Waals surface area contributed by atoms with Crippen LogP contribution in [0.4, 0.5) is 0 Å². The Bertz CT molecular complexity index is 96.2. The maximum Gasteiger partial charge on any atom is -0.0383 e. The summed E-state index contributed by atoms with van der Waals surface area (Å²) < 4.78 is 0. The Hall–Kier alpha value is 0. The van der Waals surface area contributed by atoms with E-state index in [2.05, 4.69) is 27.2 Å². The van der Waals surface area contributed by atoms with E-state index in [0.29, 0.717) is 0 Å². The van der Waals surface area contributed by atoms with Crippen molar-refractivity contribution in [3.05, 3.63) is 6.42 Å². The van der Waals surface area contributed by atoms with Crippen LogP contribution < -0.4 is 0 Å². The minimum absolute atomic E-state index is 0.969. The molecule has 0 rings (SSSR count). The Morgan fingerprint density at radius 2 is 1.64 bits per heavy atom. The second-order valence-corrected chi connectivity index (χ2v) is 4.44. The van der Waals surface area contributed by atoms with Gasteiger partial charge in [0.1, 0.15) is 0 Å². The highest BCUT2D eigenvalue weighted by atomic mass is 14.1. The molecule has 1 unspecified atom stereocenters. The first-order valence-electron chi connectivity index (χ1n) is 6.66. The molecule has 0 aliphatic heterocycles. The smallest absolute Gasteiger partial charge is 0.0383 e. The van der Waals surface area contributed by atoms with Crippen LogP contribution in [0.15, 0.2) is 0 Å². The molecule has 0 spiro atoms. The SMILES string of the molecule is CCCCC[CH]CC(CC)CCCC. The number of hydrogen-bond acceptors (Lipinski definition) is 0. The summed E-state index contributed by atoms with van der Waals surface area (Å²) in [5.41, 5.74) is 0. The molecule has 0 N–H and O–H groups in total. The molecule has 1 radical (unpaired) electrons. The van der Waals surface area contributed by atoms with Gasteiger partial charge in [-0.2, -0.15) is 0 Å². The van der Waals surface area contributed by atoms with Gasteiger partial charge in [0, 0.05) is 0 Å². The molecule has 0 saturated carbocycles. The van der Waals surface area contributed by atoms with Crippen molar-refractivity contribution in [1.82, 2.24) is 0 Å². The normalized spacial score (nSPS) is 13.1. The number of unbranched alkanes of at least 4 members (excludes halogenated alkanes) is 5. The van der Waals surface area contributed by atoms with E-state index in [1.165, 1.54) is 57.8 Å². The molecular formula is C14H29.